The summed E-state index contributed by atoms with van der Waals surface area (Å²) in [4.78, 5) is 22.7. The number of ether oxygens (including phenoxy) is 1. The van der Waals surface area contributed by atoms with Gasteiger partial charge in [0.05, 0.1) is 35.5 Å². The number of anilines is 1. The molecule has 9 nitrogen and oxygen atoms in total. The number of aromatic nitrogens is 5. The highest BCUT2D eigenvalue weighted by molar-refractivity contribution is 7.22. The number of tetrazole rings is 1. The van der Waals surface area contributed by atoms with Gasteiger partial charge in [-0.05, 0) is 46.5 Å². The maximum atomic E-state index is 11.8. The average molecular weight is 484 g/mol. The molecule has 1 aliphatic rings. The third kappa shape index (κ3) is 4.48. The fourth-order valence-corrected chi connectivity index (χ4v) is 5.98. The van der Waals surface area contributed by atoms with Gasteiger partial charge in [-0.1, -0.05) is 24.3 Å². The van der Waals surface area contributed by atoms with Crippen LogP contribution in [-0.2, 0) is 11.3 Å². The normalized spacial score (nSPS) is 15.8. The first-order valence-corrected chi connectivity index (χ1v) is 12.6. The lowest BCUT2D eigenvalue weighted by Crippen LogP contribution is -2.48. The fraction of sp³-hybridized carbons (Fsp3) is 0.409. The minimum Gasteiger partial charge on any atom is -0.465 e. The van der Waals surface area contributed by atoms with Crippen molar-refractivity contribution in [3.05, 3.63) is 52.0 Å². The van der Waals surface area contributed by atoms with Gasteiger partial charge in [0.25, 0.3) is 0 Å². The summed E-state index contributed by atoms with van der Waals surface area (Å²) in [6, 6.07) is 9.86. The maximum Gasteiger partial charge on any atom is 0.337 e. The molecule has 1 aliphatic heterocycles. The number of methoxy groups -OCH3 is 1. The molecular formula is C22H25N7O2S2. The summed E-state index contributed by atoms with van der Waals surface area (Å²) in [7, 11) is 1.40. The van der Waals surface area contributed by atoms with Crippen LogP contribution in [0.5, 0.6) is 0 Å². The third-order valence-electron chi connectivity index (χ3n) is 5.95. The number of hydrogen-bond acceptors (Lipinski definition) is 10. The first-order chi connectivity index (χ1) is 16.2. The van der Waals surface area contributed by atoms with Crippen LogP contribution in [0.4, 0.5) is 5.13 Å². The number of thiazole rings is 1. The first-order valence-electron chi connectivity index (χ1n) is 10.9. The highest BCUT2D eigenvalue weighted by Gasteiger charge is 2.29. The number of piperazine rings is 1. The van der Waals surface area contributed by atoms with E-state index in [-0.39, 0.29) is 12.0 Å². The van der Waals surface area contributed by atoms with Crippen molar-refractivity contribution >= 4 is 44.0 Å². The predicted molar refractivity (Wildman–Crippen MR) is 129 cm³/mol. The van der Waals surface area contributed by atoms with Crippen molar-refractivity contribution in [1.29, 1.82) is 0 Å². The van der Waals surface area contributed by atoms with E-state index >= 15 is 0 Å². The number of fused-ring (bicyclic) bond motifs is 1. The van der Waals surface area contributed by atoms with Gasteiger partial charge >= 0.3 is 5.97 Å². The lowest BCUT2D eigenvalue weighted by Gasteiger charge is -2.38. The van der Waals surface area contributed by atoms with Crippen LogP contribution in [-0.4, -0.2) is 69.3 Å². The summed E-state index contributed by atoms with van der Waals surface area (Å²) >= 11 is 3.34. The van der Waals surface area contributed by atoms with E-state index in [4.69, 9.17) is 9.72 Å². The Morgan fingerprint density at radius 2 is 2.06 bits per heavy atom. The molecule has 0 radical (unpaired) electrons. The largest absolute Gasteiger partial charge is 0.465 e. The molecule has 0 amide bonds. The minimum absolute atomic E-state index is 0.181. The Morgan fingerprint density at radius 3 is 2.79 bits per heavy atom. The predicted octanol–water partition coefficient (Wildman–Crippen LogP) is 3.45. The second kappa shape index (κ2) is 9.54. The zero-order chi connectivity index (χ0) is 22.8. The van der Waals surface area contributed by atoms with Gasteiger partial charge in [-0.25, -0.2) is 14.5 Å². The molecule has 33 heavy (non-hydrogen) atoms. The molecule has 1 unspecified atom stereocenters. The number of benzene rings is 1. The summed E-state index contributed by atoms with van der Waals surface area (Å²) < 4.78 is 7.76. The van der Waals surface area contributed by atoms with Gasteiger partial charge in [0, 0.05) is 31.1 Å². The molecule has 1 aromatic carbocycles. The van der Waals surface area contributed by atoms with E-state index in [0.717, 1.165) is 53.8 Å². The van der Waals surface area contributed by atoms with Crippen molar-refractivity contribution in [2.24, 2.45) is 0 Å². The Kier molecular flexibility index (Phi) is 6.34. The number of thiophene rings is 1. The first kappa shape index (κ1) is 21.9. The molecule has 5 rings (SSSR count). The summed E-state index contributed by atoms with van der Waals surface area (Å²) in [6.07, 6.45) is 0.947. The number of nitrogens with zero attached hydrogens (tertiary/aromatic N) is 7. The zero-order valence-electron chi connectivity index (χ0n) is 18.5. The number of rotatable bonds is 7. The SMILES string of the molecule is CCC(c1nnnn1Cc1cccs1)N1CCN(c2nc3ccc(C(=O)OC)cc3s2)CC1. The van der Waals surface area contributed by atoms with Gasteiger partial charge in [-0.15, -0.1) is 16.4 Å². The second-order valence-corrected chi connectivity index (χ2v) is 9.93. The van der Waals surface area contributed by atoms with E-state index < -0.39 is 0 Å². The summed E-state index contributed by atoms with van der Waals surface area (Å²) in [5, 5.41) is 15.7. The van der Waals surface area contributed by atoms with Crippen LogP contribution in [0.3, 0.4) is 0 Å². The second-order valence-electron chi connectivity index (χ2n) is 7.89. The lowest BCUT2D eigenvalue weighted by molar-refractivity contribution is 0.0601. The van der Waals surface area contributed by atoms with Crippen molar-refractivity contribution in [3.63, 3.8) is 0 Å². The van der Waals surface area contributed by atoms with Crippen LogP contribution in [0, 0.1) is 0 Å². The van der Waals surface area contributed by atoms with Crippen molar-refractivity contribution in [3.8, 4) is 0 Å². The van der Waals surface area contributed by atoms with Gasteiger partial charge in [-0.2, -0.15) is 0 Å². The standard InChI is InChI=1S/C22H25N7O2S2/c1-3-18(20-24-25-26-29(20)14-16-5-4-12-32-16)27-8-10-28(11-9-27)22-23-17-7-6-15(21(30)31-2)13-19(17)33-22/h4-7,12-13,18H,3,8-11,14H2,1-2H3. The lowest BCUT2D eigenvalue weighted by atomic mass is 10.1. The molecule has 1 fully saturated rings. The fourth-order valence-electron chi connectivity index (χ4n) is 4.23. The number of carbonyl (C=O) groups is 1. The number of carbonyl (C=O) groups excluding carboxylic acids is 1. The minimum atomic E-state index is -0.326. The van der Waals surface area contributed by atoms with Crippen LogP contribution < -0.4 is 4.90 Å². The molecule has 172 valence electrons. The van der Waals surface area contributed by atoms with Crippen molar-refractivity contribution < 1.29 is 9.53 Å². The molecule has 0 aliphatic carbocycles. The van der Waals surface area contributed by atoms with Gasteiger partial charge in [-0.3, -0.25) is 4.90 Å². The van der Waals surface area contributed by atoms with Gasteiger partial charge in [0.2, 0.25) is 0 Å². The third-order valence-corrected chi connectivity index (χ3v) is 7.89. The Balaban J connectivity index is 1.28. The Bertz CT molecular complexity index is 1230. The summed E-state index contributed by atoms with van der Waals surface area (Å²) in [5.74, 6) is 0.599. The average Bonchev–Trinajstić information content (AvgIpc) is 3.61. The molecular weight excluding hydrogens is 458 g/mol. The van der Waals surface area contributed by atoms with Gasteiger partial charge < -0.3 is 9.64 Å². The Labute approximate surface area is 199 Å². The molecule has 0 spiro atoms. The van der Waals surface area contributed by atoms with Crippen LogP contribution in [0.1, 0.15) is 40.4 Å². The van der Waals surface area contributed by atoms with Gasteiger partial charge in [0.15, 0.2) is 11.0 Å². The zero-order valence-corrected chi connectivity index (χ0v) is 20.2. The highest BCUT2D eigenvalue weighted by Crippen LogP contribution is 2.32. The molecule has 11 heteroatoms. The Morgan fingerprint density at radius 1 is 1.21 bits per heavy atom. The molecule has 1 saturated heterocycles. The van der Waals surface area contributed by atoms with E-state index in [1.54, 1.807) is 28.7 Å². The van der Waals surface area contributed by atoms with Crippen molar-refractivity contribution in [2.75, 3.05) is 38.2 Å². The van der Waals surface area contributed by atoms with Crippen LogP contribution in [0.15, 0.2) is 35.7 Å². The molecule has 0 saturated carbocycles. The highest BCUT2D eigenvalue weighted by atomic mass is 32.1. The van der Waals surface area contributed by atoms with Crippen molar-refractivity contribution in [1.82, 2.24) is 30.1 Å². The van der Waals surface area contributed by atoms with E-state index in [1.165, 1.54) is 12.0 Å². The Hall–Kier alpha value is -2.89. The van der Waals surface area contributed by atoms with E-state index in [2.05, 4.69) is 49.8 Å². The smallest absolute Gasteiger partial charge is 0.337 e. The van der Waals surface area contributed by atoms with Crippen LogP contribution in [0.2, 0.25) is 0 Å². The van der Waals surface area contributed by atoms with Crippen LogP contribution >= 0.6 is 22.7 Å². The van der Waals surface area contributed by atoms with Gasteiger partial charge in [0.1, 0.15) is 0 Å². The molecule has 4 heterocycles. The maximum absolute atomic E-state index is 11.8. The van der Waals surface area contributed by atoms with Crippen LogP contribution in [0.25, 0.3) is 10.2 Å². The van der Waals surface area contributed by atoms with E-state index in [1.807, 2.05) is 16.8 Å². The quantitative estimate of drug-likeness (QED) is 0.369. The molecule has 4 aromatic rings. The monoisotopic (exact) mass is 483 g/mol. The number of esters is 1. The molecule has 0 bridgehead atoms. The van der Waals surface area contributed by atoms with Crippen molar-refractivity contribution in [2.45, 2.75) is 25.9 Å². The molecule has 3 aromatic heterocycles. The summed E-state index contributed by atoms with van der Waals surface area (Å²) in [6.45, 7) is 6.48. The number of hydrogen-bond donors (Lipinski definition) is 0. The molecule has 1 atom stereocenters. The van der Waals surface area contributed by atoms with E-state index in [0.29, 0.717) is 12.1 Å². The summed E-state index contributed by atoms with van der Waals surface area (Å²) in [5.41, 5.74) is 1.46. The topological polar surface area (TPSA) is 89.3 Å². The molecule has 0 N–H and O–H groups in total. The van der Waals surface area contributed by atoms with E-state index in [9.17, 15) is 4.79 Å².